The Labute approximate surface area is 214 Å². The molecule has 2 heterocycles. The van der Waals surface area contributed by atoms with Crippen LogP contribution in [-0.2, 0) is 6.54 Å². The van der Waals surface area contributed by atoms with Gasteiger partial charge < -0.3 is 21.1 Å². The molecule has 0 aliphatic carbocycles. The summed E-state index contributed by atoms with van der Waals surface area (Å²) in [4.78, 5) is 19.6. The monoisotopic (exact) mass is 499 g/mol. The Kier molecular flexibility index (Phi) is 7.44. The first-order valence-electron chi connectivity index (χ1n) is 12.0. The maximum absolute atomic E-state index is 12.5. The summed E-state index contributed by atoms with van der Waals surface area (Å²) in [6.45, 7) is 4.32. The van der Waals surface area contributed by atoms with E-state index >= 15 is 0 Å². The van der Waals surface area contributed by atoms with E-state index in [1.165, 1.54) is 0 Å². The molecule has 0 spiro atoms. The van der Waals surface area contributed by atoms with E-state index in [1.54, 1.807) is 23.5 Å². The fourth-order valence-corrected chi connectivity index (χ4v) is 4.90. The lowest BCUT2D eigenvalue weighted by atomic mass is 10.1. The van der Waals surface area contributed by atoms with Crippen LogP contribution < -0.4 is 21.1 Å². The van der Waals surface area contributed by atoms with E-state index in [0.29, 0.717) is 30.1 Å². The van der Waals surface area contributed by atoms with Gasteiger partial charge in [0.1, 0.15) is 12.4 Å². The standard InChI is InChI=1S/C28H29N5O2S/c29-23-6-2-3-7-24(23)31-27(34)21-10-8-20(9-11-21)19-30-28-32-25-13-12-22(18-26(25)36-28)35-17-16-33-14-4-1-5-15-33/h1-4,6-13,18H,5,14-17,19,29H2,(H,30,32)(H,31,34). The number of anilines is 3. The number of para-hydroxylation sites is 2. The van der Waals surface area contributed by atoms with Crippen LogP contribution in [0.25, 0.3) is 10.2 Å². The van der Waals surface area contributed by atoms with Crippen LogP contribution in [0.5, 0.6) is 5.75 Å². The summed E-state index contributed by atoms with van der Waals surface area (Å²) in [7, 11) is 0. The summed E-state index contributed by atoms with van der Waals surface area (Å²) >= 11 is 1.61. The predicted molar refractivity (Wildman–Crippen MR) is 148 cm³/mol. The molecule has 1 aliphatic rings. The Morgan fingerprint density at radius 2 is 1.94 bits per heavy atom. The quantitative estimate of drug-likeness (QED) is 0.211. The van der Waals surface area contributed by atoms with Crippen molar-refractivity contribution in [2.75, 3.05) is 42.6 Å². The summed E-state index contributed by atoms with van der Waals surface area (Å²) in [5, 5.41) is 7.09. The van der Waals surface area contributed by atoms with Gasteiger partial charge in [0, 0.05) is 31.7 Å². The number of nitrogen functional groups attached to an aromatic ring is 1. The first-order valence-corrected chi connectivity index (χ1v) is 12.8. The molecular weight excluding hydrogens is 470 g/mol. The molecule has 184 valence electrons. The zero-order valence-electron chi connectivity index (χ0n) is 19.9. The summed E-state index contributed by atoms with van der Waals surface area (Å²) in [6.07, 6.45) is 5.57. The lowest BCUT2D eigenvalue weighted by Crippen LogP contribution is -2.31. The zero-order valence-corrected chi connectivity index (χ0v) is 20.8. The van der Waals surface area contributed by atoms with Gasteiger partial charge in [-0.3, -0.25) is 9.69 Å². The van der Waals surface area contributed by atoms with E-state index in [-0.39, 0.29) is 5.91 Å². The van der Waals surface area contributed by atoms with Gasteiger partial charge in [0.2, 0.25) is 0 Å². The Balaban J connectivity index is 1.13. The Hall–Kier alpha value is -3.88. The van der Waals surface area contributed by atoms with Crippen LogP contribution in [0.2, 0.25) is 0 Å². The number of nitrogens with two attached hydrogens (primary N) is 1. The highest BCUT2D eigenvalue weighted by molar-refractivity contribution is 7.22. The van der Waals surface area contributed by atoms with Crippen LogP contribution in [-0.4, -0.2) is 42.0 Å². The van der Waals surface area contributed by atoms with Crippen molar-refractivity contribution in [3.63, 3.8) is 0 Å². The van der Waals surface area contributed by atoms with Gasteiger partial charge in [-0.15, -0.1) is 0 Å². The van der Waals surface area contributed by atoms with Crippen molar-refractivity contribution in [3.8, 4) is 5.75 Å². The van der Waals surface area contributed by atoms with Crippen LogP contribution in [0.15, 0.2) is 78.9 Å². The van der Waals surface area contributed by atoms with Crippen LogP contribution in [0.3, 0.4) is 0 Å². The molecule has 5 rings (SSSR count). The van der Waals surface area contributed by atoms with Gasteiger partial charge in [-0.1, -0.05) is 47.8 Å². The van der Waals surface area contributed by atoms with Crippen LogP contribution in [0.1, 0.15) is 22.3 Å². The van der Waals surface area contributed by atoms with Crippen molar-refractivity contribution in [2.24, 2.45) is 0 Å². The number of nitrogens with one attached hydrogen (secondary N) is 2. The minimum absolute atomic E-state index is 0.190. The largest absolute Gasteiger partial charge is 0.492 e. The number of thiazole rings is 1. The molecule has 0 atom stereocenters. The van der Waals surface area contributed by atoms with Crippen molar-refractivity contribution in [3.05, 3.63) is 90.0 Å². The number of carbonyl (C=O) groups excluding carboxylic acids is 1. The highest BCUT2D eigenvalue weighted by Crippen LogP contribution is 2.29. The van der Waals surface area contributed by atoms with Gasteiger partial charge in [-0.2, -0.15) is 0 Å². The molecule has 0 radical (unpaired) electrons. The zero-order chi connectivity index (χ0) is 24.7. The second kappa shape index (κ2) is 11.2. The molecule has 3 aromatic carbocycles. The summed E-state index contributed by atoms with van der Waals surface area (Å²) in [6, 6.07) is 20.8. The minimum Gasteiger partial charge on any atom is -0.492 e. The normalized spacial score (nSPS) is 13.6. The summed E-state index contributed by atoms with van der Waals surface area (Å²) in [5.74, 6) is 0.681. The lowest BCUT2D eigenvalue weighted by molar-refractivity contribution is 0.102. The van der Waals surface area contributed by atoms with Crippen molar-refractivity contribution in [1.82, 2.24) is 9.88 Å². The molecule has 1 amide bonds. The molecule has 0 saturated carbocycles. The van der Waals surface area contributed by atoms with E-state index in [1.807, 2.05) is 48.5 Å². The van der Waals surface area contributed by atoms with Crippen molar-refractivity contribution in [1.29, 1.82) is 0 Å². The molecule has 36 heavy (non-hydrogen) atoms. The fourth-order valence-electron chi connectivity index (χ4n) is 4.01. The van der Waals surface area contributed by atoms with E-state index in [4.69, 9.17) is 10.5 Å². The van der Waals surface area contributed by atoms with Gasteiger partial charge >= 0.3 is 0 Å². The fraction of sp³-hybridized carbons (Fsp3) is 0.214. The Morgan fingerprint density at radius 3 is 2.75 bits per heavy atom. The van der Waals surface area contributed by atoms with Crippen molar-refractivity contribution < 1.29 is 9.53 Å². The van der Waals surface area contributed by atoms with E-state index < -0.39 is 0 Å². The average molecular weight is 500 g/mol. The number of amides is 1. The second-order valence-corrected chi connectivity index (χ2v) is 9.68. The maximum Gasteiger partial charge on any atom is 0.255 e. The number of nitrogens with zero attached hydrogens (tertiary/aromatic N) is 2. The number of aromatic nitrogens is 1. The van der Waals surface area contributed by atoms with Crippen molar-refractivity contribution in [2.45, 2.75) is 13.0 Å². The third-order valence-corrected chi connectivity index (χ3v) is 7.02. The highest BCUT2D eigenvalue weighted by atomic mass is 32.1. The maximum atomic E-state index is 12.5. The van der Waals surface area contributed by atoms with Crippen LogP contribution >= 0.6 is 11.3 Å². The molecule has 0 bridgehead atoms. The lowest BCUT2D eigenvalue weighted by Gasteiger charge is -2.22. The molecule has 1 aromatic heterocycles. The van der Waals surface area contributed by atoms with Gasteiger partial charge in [-0.25, -0.2) is 4.98 Å². The molecule has 0 fully saturated rings. The summed E-state index contributed by atoms with van der Waals surface area (Å²) < 4.78 is 7.07. The number of fused-ring (bicyclic) bond motifs is 1. The first kappa shape index (κ1) is 23.8. The average Bonchev–Trinajstić information content (AvgIpc) is 3.32. The Morgan fingerprint density at radius 1 is 1.08 bits per heavy atom. The molecule has 4 N–H and O–H groups in total. The predicted octanol–water partition coefficient (Wildman–Crippen LogP) is 5.38. The van der Waals surface area contributed by atoms with Crippen LogP contribution in [0.4, 0.5) is 16.5 Å². The topological polar surface area (TPSA) is 92.5 Å². The number of benzene rings is 3. The third kappa shape index (κ3) is 6.02. The van der Waals surface area contributed by atoms with E-state index in [0.717, 1.165) is 52.7 Å². The number of rotatable bonds is 9. The van der Waals surface area contributed by atoms with Gasteiger partial charge in [0.25, 0.3) is 5.91 Å². The van der Waals surface area contributed by atoms with E-state index in [2.05, 4.69) is 38.7 Å². The number of ether oxygens (including phenoxy) is 1. The van der Waals surface area contributed by atoms with Crippen molar-refractivity contribution >= 4 is 44.0 Å². The second-order valence-electron chi connectivity index (χ2n) is 8.65. The highest BCUT2D eigenvalue weighted by Gasteiger charge is 2.10. The molecule has 7 nitrogen and oxygen atoms in total. The molecule has 0 unspecified atom stereocenters. The smallest absolute Gasteiger partial charge is 0.255 e. The number of carbonyl (C=O) groups is 1. The molecule has 4 aromatic rings. The van der Waals surface area contributed by atoms with Gasteiger partial charge in [0.05, 0.1) is 21.6 Å². The number of hydrogen-bond donors (Lipinski definition) is 3. The summed E-state index contributed by atoms with van der Waals surface area (Å²) in [5.41, 5.74) is 9.64. The SMILES string of the molecule is Nc1ccccc1NC(=O)c1ccc(CNc2nc3ccc(OCCN4CC=CCC4)cc3s2)cc1. The van der Waals surface area contributed by atoms with Gasteiger partial charge in [0.15, 0.2) is 5.13 Å². The molecule has 1 aliphatic heterocycles. The molecule has 0 saturated heterocycles. The minimum atomic E-state index is -0.190. The van der Waals surface area contributed by atoms with Gasteiger partial charge in [-0.05, 0) is 54.4 Å². The van der Waals surface area contributed by atoms with E-state index in [9.17, 15) is 4.79 Å². The Bertz CT molecular complexity index is 1370. The molecule has 8 heteroatoms. The first-order chi connectivity index (χ1) is 17.6. The third-order valence-electron chi connectivity index (χ3n) is 6.05. The van der Waals surface area contributed by atoms with Crippen LogP contribution in [0, 0.1) is 0 Å². The molecular formula is C28H29N5O2S. The number of hydrogen-bond acceptors (Lipinski definition) is 7.